The van der Waals surface area contributed by atoms with Crippen LogP contribution >= 0.6 is 12.1 Å². The maximum absolute atomic E-state index is 9.18. The molecule has 0 aliphatic carbocycles. The summed E-state index contributed by atoms with van der Waals surface area (Å²) in [5, 5.41) is 0. The van der Waals surface area contributed by atoms with Crippen LogP contribution in [0, 0.1) is 0 Å². The van der Waals surface area contributed by atoms with E-state index in [2.05, 4.69) is 8.80 Å². The van der Waals surface area contributed by atoms with E-state index in [-0.39, 0.29) is 0 Å². The molecule has 1 aromatic rings. The minimum absolute atomic E-state index is 0.456. The first kappa shape index (κ1) is 11.3. The predicted molar refractivity (Wildman–Crippen MR) is 50.3 cm³/mol. The Morgan fingerprint density at radius 1 is 0.769 bits per heavy atom. The molecule has 0 saturated heterocycles. The summed E-state index contributed by atoms with van der Waals surface area (Å²) in [6.07, 6.45) is 2.34. The SMILES string of the molecule is O=C=NSN=C=O.c1ccccc1. The van der Waals surface area contributed by atoms with Gasteiger partial charge >= 0.3 is 0 Å². The lowest BCUT2D eigenvalue weighted by atomic mass is 10.4. The Morgan fingerprint density at radius 3 is 1.31 bits per heavy atom. The van der Waals surface area contributed by atoms with E-state index in [1.807, 2.05) is 36.4 Å². The van der Waals surface area contributed by atoms with Crippen molar-refractivity contribution in [1.82, 2.24) is 0 Å². The molecule has 66 valence electrons. The summed E-state index contributed by atoms with van der Waals surface area (Å²) in [6, 6.07) is 12.0. The Balaban J connectivity index is 0.000000223. The predicted octanol–water partition coefficient (Wildman–Crippen LogP) is 1.91. The Bertz CT molecular complexity index is 260. The molecule has 5 heteroatoms. The minimum Gasteiger partial charge on any atom is -0.210 e. The highest BCUT2D eigenvalue weighted by Gasteiger charge is 1.66. The van der Waals surface area contributed by atoms with Gasteiger partial charge < -0.3 is 0 Å². The van der Waals surface area contributed by atoms with Crippen LogP contribution in [0.15, 0.2) is 45.2 Å². The van der Waals surface area contributed by atoms with E-state index in [0.29, 0.717) is 12.1 Å². The third-order valence-electron chi connectivity index (χ3n) is 0.823. The summed E-state index contributed by atoms with van der Waals surface area (Å²) in [5.41, 5.74) is 0. The smallest absolute Gasteiger partial charge is 0.210 e. The van der Waals surface area contributed by atoms with Gasteiger partial charge in [-0.1, -0.05) is 36.4 Å². The van der Waals surface area contributed by atoms with Crippen molar-refractivity contribution in [3.05, 3.63) is 36.4 Å². The van der Waals surface area contributed by atoms with E-state index in [1.165, 1.54) is 12.2 Å². The topological polar surface area (TPSA) is 58.9 Å². The molecule has 0 amide bonds. The second kappa shape index (κ2) is 10.3. The van der Waals surface area contributed by atoms with Crippen LogP contribution in [0.1, 0.15) is 0 Å². The van der Waals surface area contributed by atoms with Gasteiger partial charge in [0.25, 0.3) is 0 Å². The quantitative estimate of drug-likeness (QED) is 0.410. The van der Waals surface area contributed by atoms with Crippen molar-refractivity contribution >= 4 is 24.3 Å². The monoisotopic (exact) mass is 194 g/mol. The van der Waals surface area contributed by atoms with Crippen molar-refractivity contribution in [3.63, 3.8) is 0 Å². The second-order valence-corrected chi connectivity index (χ2v) is 2.13. The van der Waals surface area contributed by atoms with E-state index in [0.717, 1.165) is 0 Å². The lowest BCUT2D eigenvalue weighted by Crippen LogP contribution is -1.47. The Kier molecular flexibility index (Phi) is 9.00. The third kappa shape index (κ3) is 10.3. The Morgan fingerprint density at radius 2 is 1.08 bits per heavy atom. The first-order valence-electron chi connectivity index (χ1n) is 3.22. The van der Waals surface area contributed by atoms with Gasteiger partial charge in [-0.2, -0.15) is 0 Å². The summed E-state index contributed by atoms with van der Waals surface area (Å²) in [7, 11) is 0. The van der Waals surface area contributed by atoms with Gasteiger partial charge in [-0.05, 0) is 0 Å². The Hall–Kier alpha value is -1.67. The van der Waals surface area contributed by atoms with Gasteiger partial charge in [0.15, 0.2) is 0 Å². The molecule has 4 nitrogen and oxygen atoms in total. The van der Waals surface area contributed by atoms with Crippen LogP contribution in [0.4, 0.5) is 0 Å². The average molecular weight is 194 g/mol. The van der Waals surface area contributed by atoms with Crippen molar-refractivity contribution in [2.75, 3.05) is 0 Å². The zero-order valence-corrected chi connectivity index (χ0v) is 7.40. The van der Waals surface area contributed by atoms with Gasteiger partial charge in [-0.25, -0.2) is 9.59 Å². The maximum atomic E-state index is 9.18. The van der Waals surface area contributed by atoms with Gasteiger partial charge in [0.2, 0.25) is 12.2 Å². The summed E-state index contributed by atoms with van der Waals surface area (Å²) in [6.45, 7) is 0. The fraction of sp³-hybridized carbons (Fsp3) is 0. The van der Waals surface area contributed by atoms with E-state index >= 15 is 0 Å². The Labute approximate surface area is 79.7 Å². The van der Waals surface area contributed by atoms with Crippen molar-refractivity contribution in [3.8, 4) is 0 Å². The van der Waals surface area contributed by atoms with Crippen LogP contribution < -0.4 is 0 Å². The standard InChI is InChI=1S/C6H6.C2N2O2S/c1-2-4-6-5-3-1;5-1-3-7-4-2-6/h1-6H;. The number of nitrogens with zero attached hydrogens (tertiary/aromatic N) is 2. The number of isocyanates is 2. The molecule has 0 saturated carbocycles. The summed E-state index contributed by atoms with van der Waals surface area (Å²) >= 11 is 0.456. The molecule has 0 heterocycles. The minimum atomic E-state index is 0.456. The lowest BCUT2D eigenvalue weighted by Gasteiger charge is -1.69. The molecule has 0 radical (unpaired) electrons. The number of benzene rings is 1. The maximum Gasteiger partial charge on any atom is 0.249 e. The highest BCUT2D eigenvalue weighted by molar-refractivity contribution is 7.96. The molecule has 0 atom stereocenters. The first-order valence-corrected chi connectivity index (χ1v) is 3.95. The number of carbonyl (C=O) groups excluding carboxylic acids is 2. The molecule has 0 aliphatic heterocycles. The summed E-state index contributed by atoms with van der Waals surface area (Å²) < 4.78 is 5.69. The largest absolute Gasteiger partial charge is 0.249 e. The van der Waals surface area contributed by atoms with Crippen LogP contribution in [-0.4, -0.2) is 12.2 Å². The molecule has 0 aromatic heterocycles. The fourth-order valence-electron chi connectivity index (χ4n) is 0.439. The normalized spacial score (nSPS) is 6.77. The second-order valence-electron chi connectivity index (χ2n) is 1.60. The molecule has 0 aliphatic rings. The molecular weight excluding hydrogens is 188 g/mol. The van der Waals surface area contributed by atoms with Gasteiger partial charge in [-0.15, -0.1) is 8.80 Å². The lowest BCUT2D eigenvalue weighted by molar-refractivity contribution is 0.566. The van der Waals surface area contributed by atoms with Crippen LogP contribution in [-0.2, 0) is 9.59 Å². The van der Waals surface area contributed by atoms with Crippen molar-refractivity contribution < 1.29 is 9.59 Å². The molecule has 0 spiro atoms. The number of hydrogen-bond donors (Lipinski definition) is 0. The summed E-state index contributed by atoms with van der Waals surface area (Å²) in [5.74, 6) is 0. The van der Waals surface area contributed by atoms with Crippen molar-refractivity contribution in [2.24, 2.45) is 8.80 Å². The molecule has 1 rings (SSSR count). The molecule has 0 fully saturated rings. The molecule has 1 aromatic carbocycles. The van der Waals surface area contributed by atoms with Crippen molar-refractivity contribution in [1.29, 1.82) is 0 Å². The number of rotatable bonds is 2. The highest BCUT2D eigenvalue weighted by atomic mass is 32.2. The van der Waals surface area contributed by atoms with E-state index in [1.54, 1.807) is 0 Å². The van der Waals surface area contributed by atoms with Crippen LogP contribution in [0.5, 0.6) is 0 Å². The van der Waals surface area contributed by atoms with E-state index in [9.17, 15) is 9.59 Å². The van der Waals surface area contributed by atoms with Gasteiger partial charge in [0.05, 0.1) is 0 Å². The van der Waals surface area contributed by atoms with Crippen LogP contribution in [0.25, 0.3) is 0 Å². The van der Waals surface area contributed by atoms with Crippen LogP contribution in [0.2, 0.25) is 0 Å². The van der Waals surface area contributed by atoms with E-state index < -0.39 is 0 Å². The average Bonchev–Trinajstić information content (AvgIpc) is 2.22. The van der Waals surface area contributed by atoms with Gasteiger partial charge in [0, 0.05) is 0 Å². The highest BCUT2D eigenvalue weighted by Crippen LogP contribution is 1.96. The van der Waals surface area contributed by atoms with E-state index in [4.69, 9.17) is 0 Å². The fourth-order valence-corrected chi connectivity index (χ4v) is 0.546. The summed E-state index contributed by atoms with van der Waals surface area (Å²) in [4.78, 5) is 18.4. The molecule has 0 bridgehead atoms. The van der Waals surface area contributed by atoms with Gasteiger partial charge in [-0.3, -0.25) is 0 Å². The number of hydrogen-bond acceptors (Lipinski definition) is 5. The molecule has 13 heavy (non-hydrogen) atoms. The zero-order chi connectivity index (χ0) is 9.78. The molecule has 0 unspecified atom stereocenters. The molecular formula is C8H6N2O2S. The zero-order valence-electron chi connectivity index (χ0n) is 6.58. The van der Waals surface area contributed by atoms with Gasteiger partial charge in [0.1, 0.15) is 12.1 Å². The molecule has 0 N–H and O–H groups in total. The first-order chi connectivity index (χ1) is 6.41. The van der Waals surface area contributed by atoms with Crippen LogP contribution in [0.3, 0.4) is 0 Å². The van der Waals surface area contributed by atoms with Crippen molar-refractivity contribution in [2.45, 2.75) is 0 Å². The third-order valence-corrected chi connectivity index (χ3v) is 1.14.